The SMILES string of the molecule is CC(=O)N[C@H]1[C@H](OCc2ccc3ccccc3c2)O[C@H](COC(C)=O)[C@@H](O[C@@H]2O[C@H](COC(C)=O)[C@H](OC(C)=O)[C@H](OC(C)=O)[C@H]2OC(C)=O)[C@@H]1OC(C)=O. The molecule has 2 fully saturated rings. The molecule has 2 aliphatic rings. The minimum Gasteiger partial charge on any atom is -0.463 e. The molecule has 0 spiro atoms. The maximum atomic E-state index is 12.7. The average Bonchev–Trinajstić information content (AvgIpc) is 3.09. The van der Waals surface area contributed by atoms with E-state index in [9.17, 15) is 33.6 Å². The van der Waals surface area contributed by atoms with Crippen molar-refractivity contribution in [2.24, 2.45) is 0 Å². The van der Waals surface area contributed by atoms with Gasteiger partial charge in [0, 0.05) is 48.5 Å². The van der Waals surface area contributed by atoms with E-state index in [0.717, 1.165) is 57.9 Å². The molecule has 0 aliphatic carbocycles. The fraction of sp³-hybridized carbons (Fsp3) is 0.541. The molecule has 0 bridgehead atoms. The molecular formula is C37H45NO17. The first-order valence-electron chi connectivity index (χ1n) is 17.3. The van der Waals surface area contributed by atoms with E-state index in [4.69, 9.17) is 47.4 Å². The second-order valence-electron chi connectivity index (χ2n) is 12.8. The number of fused-ring (bicyclic) bond motifs is 1. The second kappa shape index (κ2) is 19.4. The lowest BCUT2D eigenvalue weighted by Gasteiger charge is -2.49. The number of carbonyl (C=O) groups excluding carboxylic acids is 7. The fourth-order valence-corrected chi connectivity index (χ4v) is 6.22. The van der Waals surface area contributed by atoms with Crippen molar-refractivity contribution in [3.63, 3.8) is 0 Å². The predicted molar refractivity (Wildman–Crippen MR) is 184 cm³/mol. The molecule has 1 amide bonds. The summed E-state index contributed by atoms with van der Waals surface area (Å²) in [5.74, 6) is -5.47. The normalized spacial score (nSPS) is 27.5. The summed E-state index contributed by atoms with van der Waals surface area (Å²) < 4.78 is 57.7. The third kappa shape index (κ3) is 12.2. The highest BCUT2D eigenvalue weighted by molar-refractivity contribution is 5.83. The molecule has 55 heavy (non-hydrogen) atoms. The molecule has 0 unspecified atom stereocenters. The zero-order chi connectivity index (χ0) is 40.4. The van der Waals surface area contributed by atoms with E-state index in [1.807, 2.05) is 42.5 Å². The third-order valence-corrected chi connectivity index (χ3v) is 8.24. The van der Waals surface area contributed by atoms with Gasteiger partial charge >= 0.3 is 35.8 Å². The fourth-order valence-electron chi connectivity index (χ4n) is 6.22. The van der Waals surface area contributed by atoms with Crippen LogP contribution >= 0.6 is 0 Å². The van der Waals surface area contributed by atoms with Crippen LogP contribution in [0.15, 0.2) is 42.5 Å². The Morgan fingerprint density at radius 1 is 0.564 bits per heavy atom. The summed E-state index contributed by atoms with van der Waals surface area (Å²) in [6.07, 6.45) is -13.6. The largest absolute Gasteiger partial charge is 0.463 e. The summed E-state index contributed by atoms with van der Waals surface area (Å²) in [4.78, 5) is 86.3. The highest BCUT2D eigenvalue weighted by Gasteiger charge is 2.57. The van der Waals surface area contributed by atoms with Gasteiger partial charge in [0.2, 0.25) is 5.91 Å². The number of amides is 1. The Balaban J connectivity index is 1.77. The third-order valence-electron chi connectivity index (χ3n) is 8.24. The number of benzene rings is 2. The number of hydrogen-bond acceptors (Lipinski definition) is 17. The molecule has 300 valence electrons. The van der Waals surface area contributed by atoms with Crippen molar-refractivity contribution < 1.29 is 80.9 Å². The van der Waals surface area contributed by atoms with Crippen molar-refractivity contribution in [2.45, 2.75) is 116 Å². The number of ether oxygens (including phenoxy) is 10. The van der Waals surface area contributed by atoms with Gasteiger partial charge in [0.15, 0.2) is 37.0 Å². The van der Waals surface area contributed by atoms with Gasteiger partial charge in [0.25, 0.3) is 0 Å². The molecule has 10 atom stereocenters. The van der Waals surface area contributed by atoms with Gasteiger partial charge in [-0.15, -0.1) is 0 Å². The van der Waals surface area contributed by atoms with E-state index >= 15 is 0 Å². The van der Waals surface area contributed by atoms with Crippen LogP contribution in [0, 0.1) is 0 Å². The molecule has 2 aliphatic heterocycles. The van der Waals surface area contributed by atoms with Crippen LogP contribution in [0.25, 0.3) is 10.8 Å². The topological polar surface area (TPSA) is 224 Å². The molecule has 18 nitrogen and oxygen atoms in total. The van der Waals surface area contributed by atoms with E-state index in [2.05, 4.69) is 5.32 Å². The van der Waals surface area contributed by atoms with Crippen molar-refractivity contribution in [3.05, 3.63) is 48.0 Å². The summed E-state index contributed by atoms with van der Waals surface area (Å²) in [6.45, 7) is 6.66. The van der Waals surface area contributed by atoms with Crippen molar-refractivity contribution in [1.29, 1.82) is 0 Å². The van der Waals surface area contributed by atoms with Gasteiger partial charge < -0.3 is 52.7 Å². The van der Waals surface area contributed by atoms with Crippen LogP contribution in [0.3, 0.4) is 0 Å². The van der Waals surface area contributed by atoms with Crippen molar-refractivity contribution in [1.82, 2.24) is 5.32 Å². The minimum absolute atomic E-state index is 0.0378. The van der Waals surface area contributed by atoms with Gasteiger partial charge in [-0.1, -0.05) is 36.4 Å². The molecule has 0 saturated carbocycles. The van der Waals surface area contributed by atoms with E-state index in [1.165, 1.54) is 6.92 Å². The lowest BCUT2D eigenvalue weighted by Crippen LogP contribution is -2.69. The summed E-state index contributed by atoms with van der Waals surface area (Å²) in [6, 6.07) is 12.1. The van der Waals surface area contributed by atoms with Gasteiger partial charge in [0.1, 0.15) is 37.6 Å². The Kier molecular flexibility index (Phi) is 15.0. The van der Waals surface area contributed by atoms with Crippen LogP contribution in [-0.2, 0) is 87.5 Å². The van der Waals surface area contributed by atoms with Crippen molar-refractivity contribution in [3.8, 4) is 0 Å². The van der Waals surface area contributed by atoms with Crippen LogP contribution in [0.4, 0.5) is 0 Å². The number of rotatable bonds is 14. The molecule has 2 saturated heterocycles. The molecule has 2 aromatic rings. The summed E-state index contributed by atoms with van der Waals surface area (Å²) in [7, 11) is 0. The van der Waals surface area contributed by atoms with Crippen LogP contribution in [0.5, 0.6) is 0 Å². The van der Waals surface area contributed by atoms with Gasteiger partial charge in [-0.3, -0.25) is 33.6 Å². The number of carbonyl (C=O) groups is 7. The molecule has 2 heterocycles. The van der Waals surface area contributed by atoms with Crippen molar-refractivity contribution in [2.75, 3.05) is 13.2 Å². The minimum atomic E-state index is -1.76. The maximum Gasteiger partial charge on any atom is 0.303 e. The summed E-state index contributed by atoms with van der Waals surface area (Å²) in [5, 5.41) is 4.63. The zero-order valence-electron chi connectivity index (χ0n) is 31.4. The Bertz CT molecular complexity index is 1730. The zero-order valence-corrected chi connectivity index (χ0v) is 31.4. The van der Waals surface area contributed by atoms with E-state index in [-0.39, 0.29) is 6.61 Å². The quantitative estimate of drug-likeness (QED) is 0.212. The predicted octanol–water partition coefficient (Wildman–Crippen LogP) is 1.55. The smallest absolute Gasteiger partial charge is 0.303 e. The number of nitrogens with one attached hydrogen (secondary N) is 1. The van der Waals surface area contributed by atoms with E-state index in [0.29, 0.717) is 0 Å². The van der Waals surface area contributed by atoms with Crippen LogP contribution in [0.1, 0.15) is 54.0 Å². The Morgan fingerprint density at radius 3 is 1.64 bits per heavy atom. The first-order valence-corrected chi connectivity index (χ1v) is 17.3. The molecule has 4 rings (SSSR count). The number of hydrogen-bond donors (Lipinski definition) is 1. The molecule has 0 aromatic heterocycles. The van der Waals surface area contributed by atoms with Crippen LogP contribution in [0.2, 0.25) is 0 Å². The lowest BCUT2D eigenvalue weighted by atomic mass is 9.94. The molecular weight excluding hydrogens is 730 g/mol. The van der Waals surface area contributed by atoms with Gasteiger partial charge in [-0.25, -0.2) is 0 Å². The van der Waals surface area contributed by atoms with E-state index < -0.39 is 116 Å². The summed E-state index contributed by atoms with van der Waals surface area (Å²) >= 11 is 0. The molecule has 2 aromatic carbocycles. The van der Waals surface area contributed by atoms with Crippen molar-refractivity contribution >= 4 is 52.5 Å². The average molecular weight is 776 g/mol. The second-order valence-corrected chi connectivity index (χ2v) is 12.8. The van der Waals surface area contributed by atoms with Gasteiger partial charge in [-0.2, -0.15) is 0 Å². The highest BCUT2D eigenvalue weighted by Crippen LogP contribution is 2.35. The van der Waals surface area contributed by atoms with Gasteiger partial charge in [0.05, 0.1) is 6.61 Å². The molecule has 0 radical (unpaired) electrons. The first kappa shape index (κ1) is 42.6. The Morgan fingerprint density at radius 2 is 1.07 bits per heavy atom. The number of esters is 6. The first-order chi connectivity index (χ1) is 26.0. The lowest BCUT2D eigenvalue weighted by molar-refractivity contribution is -0.351. The Labute approximate surface area is 316 Å². The van der Waals surface area contributed by atoms with Crippen LogP contribution in [-0.4, -0.2) is 116 Å². The molecule has 1 N–H and O–H groups in total. The van der Waals surface area contributed by atoms with Crippen LogP contribution < -0.4 is 5.32 Å². The van der Waals surface area contributed by atoms with Gasteiger partial charge in [-0.05, 0) is 22.4 Å². The molecule has 18 heteroatoms. The Hall–Kier alpha value is -5.17. The van der Waals surface area contributed by atoms with E-state index in [1.54, 1.807) is 0 Å². The maximum absolute atomic E-state index is 12.7. The summed E-state index contributed by atoms with van der Waals surface area (Å²) in [5.41, 5.74) is 0.736. The standard InChI is InChI=1S/C37H45NO17/c1-18(39)38-30-33(50-22(5)43)31(28(16-46-19(2)40)53-36(30)48-15-25-12-13-26-10-8-9-11-27(26)14-25)55-37-35(52-24(7)45)34(51-23(6)44)32(49-21(4)42)29(54-37)17-47-20(3)41/h8-14,28-37H,15-17H2,1-7H3,(H,38,39)/t28-,29-,30-,31-,32+,33-,34+,35-,36-,37+/m1/s1. The monoisotopic (exact) mass is 775 g/mol. The highest BCUT2D eigenvalue weighted by atomic mass is 16.8.